The molecular formula is C18H17BrN4O4S. The SMILES string of the molecule is CN(CC(=O)NCc1nc(-c2cccc(Br)c2)no1)S(=O)(=O)c1ccccc1. The fourth-order valence-corrected chi connectivity index (χ4v) is 3.91. The molecule has 1 amide bonds. The van der Waals surface area contributed by atoms with E-state index in [1.54, 1.807) is 18.2 Å². The van der Waals surface area contributed by atoms with Crippen molar-refractivity contribution in [1.29, 1.82) is 0 Å². The number of amides is 1. The summed E-state index contributed by atoms with van der Waals surface area (Å²) < 4.78 is 31.9. The lowest BCUT2D eigenvalue weighted by Gasteiger charge is -2.16. The van der Waals surface area contributed by atoms with Crippen molar-refractivity contribution in [1.82, 2.24) is 19.8 Å². The molecule has 0 atom stereocenters. The second-order valence-electron chi connectivity index (χ2n) is 5.87. The molecule has 1 aromatic heterocycles. The summed E-state index contributed by atoms with van der Waals surface area (Å²) in [5.74, 6) is 0.135. The van der Waals surface area contributed by atoms with E-state index in [1.165, 1.54) is 19.2 Å². The Hall–Kier alpha value is -2.56. The third kappa shape index (κ3) is 4.83. The number of benzene rings is 2. The van der Waals surface area contributed by atoms with Crippen LogP contribution in [0.4, 0.5) is 0 Å². The molecule has 2 aromatic carbocycles. The van der Waals surface area contributed by atoms with Crippen LogP contribution in [0.2, 0.25) is 0 Å². The minimum Gasteiger partial charge on any atom is -0.346 e. The van der Waals surface area contributed by atoms with Gasteiger partial charge in [0.25, 0.3) is 0 Å². The summed E-state index contributed by atoms with van der Waals surface area (Å²) in [5.41, 5.74) is 0.768. The molecule has 0 radical (unpaired) electrons. The molecule has 0 saturated heterocycles. The Labute approximate surface area is 170 Å². The smallest absolute Gasteiger partial charge is 0.246 e. The monoisotopic (exact) mass is 464 g/mol. The van der Waals surface area contributed by atoms with Crippen molar-refractivity contribution in [2.45, 2.75) is 11.4 Å². The van der Waals surface area contributed by atoms with Crippen molar-refractivity contribution in [3.8, 4) is 11.4 Å². The highest BCUT2D eigenvalue weighted by molar-refractivity contribution is 9.10. The molecule has 0 aliphatic rings. The maximum atomic E-state index is 12.4. The van der Waals surface area contributed by atoms with E-state index in [0.717, 1.165) is 14.3 Å². The van der Waals surface area contributed by atoms with Crippen molar-refractivity contribution in [2.75, 3.05) is 13.6 Å². The quantitative estimate of drug-likeness (QED) is 0.575. The number of halogens is 1. The summed E-state index contributed by atoms with van der Waals surface area (Å²) in [6.45, 7) is -0.330. The van der Waals surface area contributed by atoms with E-state index in [1.807, 2.05) is 24.3 Å². The maximum Gasteiger partial charge on any atom is 0.246 e. The Balaban J connectivity index is 1.57. The molecule has 8 nitrogen and oxygen atoms in total. The first-order chi connectivity index (χ1) is 13.4. The maximum absolute atomic E-state index is 12.4. The minimum atomic E-state index is -3.74. The molecule has 0 spiro atoms. The second-order valence-corrected chi connectivity index (χ2v) is 8.83. The Morgan fingerprint density at radius 1 is 1.18 bits per heavy atom. The van der Waals surface area contributed by atoms with Crippen LogP contribution in [-0.4, -0.2) is 42.4 Å². The molecular weight excluding hydrogens is 448 g/mol. The largest absolute Gasteiger partial charge is 0.346 e. The Bertz CT molecular complexity index is 1070. The molecule has 3 rings (SSSR count). The van der Waals surface area contributed by atoms with Gasteiger partial charge in [0.15, 0.2) is 0 Å². The number of likely N-dealkylation sites (N-methyl/N-ethyl adjacent to an activating group) is 1. The van der Waals surface area contributed by atoms with Crippen molar-refractivity contribution < 1.29 is 17.7 Å². The van der Waals surface area contributed by atoms with E-state index in [-0.39, 0.29) is 23.9 Å². The van der Waals surface area contributed by atoms with Gasteiger partial charge >= 0.3 is 0 Å². The molecule has 0 unspecified atom stereocenters. The molecule has 28 heavy (non-hydrogen) atoms. The number of carbonyl (C=O) groups is 1. The Morgan fingerprint density at radius 3 is 2.64 bits per heavy atom. The van der Waals surface area contributed by atoms with Crippen molar-refractivity contribution in [2.24, 2.45) is 0 Å². The van der Waals surface area contributed by atoms with Gasteiger partial charge in [0.1, 0.15) is 0 Å². The number of sulfonamides is 1. The Kier molecular flexibility index (Phi) is 6.22. The highest BCUT2D eigenvalue weighted by Gasteiger charge is 2.22. The fraction of sp³-hybridized carbons (Fsp3) is 0.167. The average Bonchev–Trinajstić information content (AvgIpc) is 3.16. The number of carbonyl (C=O) groups excluding carboxylic acids is 1. The summed E-state index contributed by atoms with van der Waals surface area (Å²) in [6.07, 6.45) is 0. The van der Waals surface area contributed by atoms with Gasteiger partial charge < -0.3 is 9.84 Å². The molecule has 1 heterocycles. The van der Waals surface area contributed by atoms with E-state index in [4.69, 9.17) is 4.52 Å². The van der Waals surface area contributed by atoms with Gasteiger partial charge in [-0.05, 0) is 24.3 Å². The van der Waals surface area contributed by atoms with Crippen LogP contribution < -0.4 is 5.32 Å². The molecule has 0 saturated carbocycles. The highest BCUT2D eigenvalue weighted by atomic mass is 79.9. The summed E-state index contributed by atoms with van der Waals surface area (Å²) in [7, 11) is -2.39. The van der Waals surface area contributed by atoms with Gasteiger partial charge in [-0.2, -0.15) is 9.29 Å². The van der Waals surface area contributed by atoms with Crippen LogP contribution in [0.1, 0.15) is 5.89 Å². The van der Waals surface area contributed by atoms with E-state index >= 15 is 0 Å². The van der Waals surface area contributed by atoms with Gasteiger partial charge in [0.05, 0.1) is 18.0 Å². The average molecular weight is 465 g/mol. The lowest BCUT2D eigenvalue weighted by atomic mass is 10.2. The predicted octanol–water partition coefficient (Wildman–Crippen LogP) is 2.44. The predicted molar refractivity (Wildman–Crippen MR) is 106 cm³/mol. The Morgan fingerprint density at radius 2 is 1.93 bits per heavy atom. The van der Waals surface area contributed by atoms with Crippen LogP contribution in [-0.2, 0) is 21.4 Å². The van der Waals surface area contributed by atoms with Crippen LogP contribution >= 0.6 is 15.9 Å². The molecule has 0 bridgehead atoms. The van der Waals surface area contributed by atoms with Crippen LogP contribution in [0.3, 0.4) is 0 Å². The lowest BCUT2D eigenvalue weighted by molar-refractivity contribution is -0.121. The second kappa shape index (κ2) is 8.63. The van der Waals surface area contributed by atoms with Gasteiger partial charge in [0.2, 0.25) is 27.6 Å². The normalized spacial score (nSPS) is 11.5. The number of hydrogen-bond acceptors (Lipinski definition) is 6. The van der Waals surface area contributed by atoms with E-state index in [9.17, 15) is 13.2 Å². The van der Waals surface area contributed by atoms with Gasteiger partial charge in [0, 0.05) is 17.1 Å². The molecule has 3 aromatic rings. The minimum absolute atomic E-state index is 0.000931. The van der Waals surface area contributed by atoms with Crippen LogP contribution in [0.15, 0.2) is 68.5 Å². The lowest BCUT2D eigenvalue weighted by Crippen LogP contribution is -2.38. The van der Waals surface area contributed by atoms with Crippen molar-refractivity contribution >= 4 is 31.9 Å². The van der Waals surface area contributed by atoms with Gasteiger partial charge in [-0.15, -0.1) is 0 Å². The number of rotatable bonds is 7. The van der Waals surface area contributed by atoms with Crippen LogP contribution in [0.25, 0.3) is 11.4 Å². The van der Waals surface area contributed by atoms with E-state index in [0.29, 0.717) is 5.82 Å². The number of aromatic nitrogens is 2. The number of nitrogens with zero attached hydrogens (tertiary/aromatic N) is 3. The van der Waals surface area contributed by atoms with Crippen molar-refractivity contribution in [3.05, 3.63) is 65.0 Å². The summed E-state index contributed by atoms with van der Waals surface area (Å²) in [6, 6.07) is 15.3. The van der Waals surface area contributed by atoms with Crippen LogP contribution in [0, 0.1) is 0 Å². The third-order valence-corrected chi connectivity index (χ3v) is 6.12. The summed E-state index contributed by atoms with van der Waals surface area (Å²) in [4.78, 5) is 16.5. The van der Waals surface area contributed by atoms with Gasteiger partial charge in [-0.1, -0.05) is 51.4 Å². The number of nitrogens with one attached hydrogen (secondary N) is 1. The summed E-state index contributed by atoms with van der Waals surface area (Å²) in [5, 5.41) is 6.46. The fourth-order valence-electron chi connectivity index (χ4n) is 2.36. The topological polar surface area (TPSA) is 105 Å². The van der Waals surface area contributed by atoms with Gasteiger partial charge in [-0.25, -0.2) is 8.42 Å². The zero-order valence-corrected chi connectivity index (χ0v) is 17.3. The van der Waals surface area contributed by atoms with Crippen molar-refractivity contribution in [3.63, 3.8) is 0 Å². The first kappa shape index (κ1) is 20.2. The molecule has 1 N–H and O–H groups in total. The molecule has 146 valence electrons. The highest BCUT2D eigenvalue weighted by Crippen LogP contribution is 2.20. The zero-order chi connectivity index (χ0) is 20.1. The molecule has 0 fully saturated rings. The molecule has 0 aliphatic heterocycles. The van der Waals surface area contributed by atoms with E-state index < -0.39 is 15.9 Å². The van der Waals surface area contributed by atoms with Gasteiger partial charge in [-0.3, -0.25) is 4.79 Å². The standard InChI is InChI=1S/C18H17BrN4O4S/c1-23(28(25,26)15-8-3-2-4-9-15)12-16(24)20-11-17-21-18(22-27-17)13-6-5-7-14(19)10-13/h2-10H,11-12H2,1H3,(H,20,24). The van der Waals surface area contributed by atoms with E-state index in [2.05, 4.69) is 31.4 Å². The summed E-state index contributed by atoms with van der Waals surface area (Å²) >= 11 is 3.37. The molecule has 0 aliphatic carbocycles. The first-order valence-corrected chi connectivity index (χ1v) is 10.5. The zero-order valence-electron chi connectivity index (χ0n) is 14.9. The third-order valence-electron chi connectivity index (χ3n) is 3.81. The van der Waals surface area contributed by atoms with Crippen LogP contribution in [0.5, 0.6) is 0 Å². The first-order valence-electron chi connectivity index (χ1n) is 8.23. The number of hydrogen-bond donors (Lipinski definition) is 1. The molecule has 10 heteroatoms.